The molecule has 0 spiro atoms. The van der Waals surface area contributed by atoms with E-state index in [0.717, 1.165) is 47.2 Å². The number of carbonyl (C=O) groups is 1. The van der Waals surface area contributed by atoms with Gasteiger partial charge in [0.15, 0.2) is 0 Å². The van der Waals surface area contributed by atoms with Crippen molar-refractivity contribution in [2.75, 3.05) is 5.32 Å². The second-order valence-corrected chi connectivity index (χ2v) is 5.71. The maximum Gasteiger partial charge on any atom is 0.228 e. The molecule has 0 saturated heterocycles. The molecule has 2 aromatic carbocycles. The molecule has 23 heavy (non-hydrogen) atoms. The SMILES string of the molecule is CCCCc1oc2ccccc2c1NC(=O)Cc1ccccc1. The van der Waals surface area contributed by atoms with Gasteiger partial charge in [-0.05, 0) is 24.1 Å². The number of amides is 1. The van der Waals surface area contributed by atoms with Gasteiger partial charge in [0.1, 0.15) is 11.3 Å². The molecule has 1 aromatic heterocycles. The molecule has 1 heterocycles. The van der Waals surface area contributed by atoms with Crippen LogP contribution in [0.4, 0.5) is 5.69 Å². The van der Waals surface area contributed by atoms with Gasteiger partial charge in [0, 0.05) is 11.8 Å². The molecule has 0 atom stereocenters. The number of hydrogen-bond acceptors (Lipinski definition) is 2. The first-order valence-corrected chi connectivity index (χ1v) is 8.12. The van der Waals surface area contributed by atoms with Crippen molar-refractivity contribution < 1.29 is 9.21 Å². The summed E-state index contributed by atoms with van der Waals surface area (Å²) >= 11 is 0. The summed E-state index contributed by atoms with van der Waals surface area (Å²) in [7, 11) is 0. The van der Waals surface area contributed by atoms with Crippen LogP contribution in [0.5, 0.6) is 0 Å². The zero-order chi connectivity index (χ0) is 16.1. The third kappa shape index (κ3) is 3.62. The summed E-state index contributed by atoms with van der Waals surface area (Å²) < 4.78 is 5.94. The Hall–Kier alpha value is -2.55. The minimum Gasteiger partial charge on any atom is -0.459 e. The van der Waals surface area contributed by atoms with E-state index in [-0.39, 0.29) is 5.91 Å². The van der Waals surface area contributed by atoms with Gasteiger partial charge in [-0.1, -0.05) is 55.8 Å². The highest BCUT2D eigenvalue weighted by molar-refractivity contribution is 6.02. The van der Waals surface area contributed by atoms with Crippen molar-refractivity contribution in [3.8, 4) is 0 Å². The Kier molecular flexibility index (Phi) is 4.77. The van der Waals surface area contributed by atoms with Crippen molar-refractivity contribution in [1.29, 1.82) is 0 Å². The van der Waals surface area contributed by atoms with Gasteiger partial charge in [0.05, 0.1) is 12.1 Å². The summed E-state index contributed by atoms with van der Waals surface area (Å²) in [6, 6.07) is 17.6. The molecule has 3 heteroatoms. The van der Waals surface area contributed by atoms with E-state index in [4.69, 9.17) is 4.42 Å². The molecule has 0 radical (unpaired) electrons. The maximum absolute atomic E-state index is 12.4. The Bertz CT molecular complexity index is 790. The standard InChI is InChI=1S/C20H21NO2/c1-2-3-12-18-20(16-11-7-8-13-17(16)23-18)21-19(22)14-15-9-5-4-6-10-15/h4-11,13H,2-3,12,14H2,1H3,(H,21,22). The van der Waals surface area contributed by atoms with Crippen LogP contribution in [0.1, 0.15) is 31.1 Å². The minimum atomic E-state index is -0.0134. The van der Waals surface area contributed by atoms with Crippen LogP contribution in [-0.2, 0) is 17.6 Å². The number of hydrogen-bond donors (Lipinski definition) is 1. The van der Waals surface area contributed by atoms with E-state index in [0.29, 0.717) is 6.42 Å². The van der Waals surface area contributed by atoms with E-state index >= 15 is 0 Å². The Morgan fingerprint density at radius 1 is 1.04 bits per heavy atom. The zero-order valence-electron chi connectivity index (χ0n) is 13.3. The van der Waals surface area contributed by atoms with Crippen LogP contribution in [-0.4, -0.2) is 5.91 Å². The number of nitrogens with one attached hydrogen (secondary N) is 1. The summed E-state index contributed by atoms with van der Waals surface area (Å²) in [6.07, 6.45) is 3.34. The summed E-state index contributed by atoms with van der Waals surface area (Å²) in [5.41, 5.74) is 2.66. The Labute approximate surface area is 136 Å². The lowest BCUT2D eigenvalue weighted by Gasteiger charge is -2.06. The highest BCUT2D eigenvalue weighted by Gasteiger charge is 2.16. The molecule has 0 aliphatic heterocycles. The third-order valence-corrected chi connectivity index (χ3v) is 3.90. The molecule has 0 unspecified atom stereocenters. The quantitative estimate of drug-likeness (QED) is 0.699. The lowest BCUT2D eigenvalue weighted by Crippen LogP contribution is -2.15. The van der Waals surface area contributed by atoms with Gasteiger partial charge >= 0.3 is 0 Å². The van der Waals surface area contributed by atoms with Crippen LogP contribution in [0.15, 0.2) is 59.0 Å². The number of fused-ring (bicyclic) bond motifs is 1. The largest absolute Gasteiger partial charge is 0.459 e. The Morgan fingerprint density at radius 3 is 2.57 bits per heavy atom. The van der Waals surface area contributed by atoms with Gasteiger partial charge in [-0.15, -0.1) is 0 Å². The number of anilines is 1. The molecule has 0 aliphatic carbocycles. The minimum absolute atomic E-state index is 0.0134. The first kappa shape index (κ1) is 15.3. The molecule has 0 aliphatic rings. The normalized spacial score (nSPS) is 10.8. The van der Waals surface area contributed by atoms with Crippen LogP contribution >= 0.6 is 0 Å². The summed E-state index contributed by atoms with van der Waals surface area (Å²) in [4.78, 5) is 12.4. The Balaban J connectivity index is 1.84. The van der Waals surface area contributed by atoms with Crippen LogP contribution in [0.3, 0.4) is 0 Å². The first-order chi connectivity index (χ1) is 11.3. The van der Waals surface area contributed by atoms with Crippen molar-refractivity contribution >= 4 is 22.6 Å². The smallest absolute Gasteiger partial charge is 0.228 e. The topological polar surface area (TPSA) is 42.2 Å². The summed E-state index contributed by atoms with van der Waals surface area (Å²) in [5.74, 6) is 0.856. The van der Waals surface area contributed by atoms with Crippen molar-refractivity contribution in [3.63, 3.8) is 0 Å². The van der Waals surface area contributed by atoms with Gasteiger partial charge < -0.3 is 9.73 Å². The van der Waals surface area contributed by atoms with Crippen molar-refractivity contribution in [3.05, 3.63) is 65.9 Å². The second kappa shape index (κ2) is 7.14. The highest BCUT2D eigenvalue weighted by atomic mass is 16.3. The lowest BCUT2D eigenvalue weighted by atomic mass is 10.1. The molecular weight excluding hydrogens is 286 g/mol. The third-order valence-electron chi connectivity index (χ3n) is 3.90. The van der Waals surface area contributed by atoms with Gasteiger partial charge in [-0.3, -0.25) is 4.79 Å². The number of para-hydroxylation sites is 1. The van der Waals surface area contributed by atoms with Gasteiger partial charge in [0.25, 0.3) is 0 Å². The fourth-order valence-corrected chi connectivity index (χ4v) is 2.71. The van der Waals surface area contributed by atoms with Crippen LogP contribution in [0.25, 0.3) is 11.0 Å². The van der Waals surface area contributed by atoms with Crippen LogP contribution in [0, 0.1) is 0 Å². The van der Waals surface area contributed by atoms with Gasteiger partial charge in [-0.25, -0.2) is 0 Å². The van der Waals surface area contributed by atoms with E-state index in [1.807, 2.05) is 54.6 Å². The maximum atomic E-state index is 12.4. The summed E-state index contributed by atoms with van der Waals surface area (Å²) in [6.45, 7) is 2.15. The predicted octanol–water partition coefficient (Wildman–Crippen LogP) is 4.96. The van der Waals surface area contributed by atoms with Crippen molar-refractivity contribution in [1.82, 2.24) is 0 Å². The summed E-state index contributed by atoms with van der Waals surface area (Å²) in [5, 5.41) is 4.03. The molecule has 3 rings (SSSR count). The molecule has 1 N–H and O–H groups in total. The molecule has 0 saturated carbocycles. The molecule has 3 nitrogen and oxygen atoms in total. The monoisotopic (exact) mass is 307 g/mol. The van der Waals surface area contributed by atoms with E-state index in [2.05, 4.69) is 12.2 Å². The number of aryl methyl sites for hydroxylation is 1. The van der Waals surface area contributed by atoms with E-state index in [9.17, 15) is 4.79 Å². The number of benzene rings is 2. The average Bonchev–Trinajstić information content (AvgIpc) is 2.91. The molecule has 0 fully saturated rings. The number of carbonyl (C=O) groups excluding carboxylic acids is 1. The van der Waals surface area contributed by atoms with Gasteiger partial charge in [0.2, 0.25) is 5.91 Å². The molecule has 0 bridgehead atoms. The number of furan rings is 1. The highest BCUT2D eigenvalue weighted by Crippen LogP contribution is 2.32. The van der Waals surface area contributed by atoms with E-state index in [1.165, 1.54) is 0 Å². The lowest BCUT2D eigenvalue weighted by molar-refractivity contribution is -0.115. The van der Waals surface area contributed by atoms with Gasteiger partial charge in [-0.2, -0.15) is 0 Å². The molecule has 1 amide bonds. The number of rotatable bonds is 6. The first-order valence-electron chi connectivity index (χ1n) is 8.12. The fourth-order valence-electron chi connectivity index (χ4n) is 2.71. The Morgan fingerprint density at radius 2 is 1.78 bits per heavy atom. The van der Waals surface area contributed by atoms with E-state index in [1.54, 1.807) is 0 Å². The average molecular weight is 307 g/mol. The van der Waals surface area contributed by atoms with Crippen molar-refractivity contribution in [2.24, 2.45) is 0 Å². The van der Waals surface area contributed by atoms with Crippen molar-refractivity contribution in [2.45, 2.75) is 32.6 Å². The number of unbranched alkanes of at least 4 members (excludes halogenated alkanes) is 1. The van der Waals surface area contributed by atoms with Crippen LogP contribution < -0.4 is 5.32 Å². The predicted molar refractivity (Wildman–Crippen MR) is 93.6 cm³/mol. The second-order valence-electron chi connectivity index (χ2n) is 5.71. The van der Waals surface area contributed by atoms with E-state index < -0.39 is 0 Å². The zero-order valence-corrected chi connectivity index (χ0v) is 13.3. The molecular formula is C20H21NO2. The molecule has 118 valence electrons. The van der Waals surface area contributed by atoms with Crippen LogP contribution in [0.2, 0.25) is 0 Å². The molecule has 3 aromatic rings. The fraction of sp³-hybridized carbons (Fsp3) is 0.250.